The number of rotatable bonds is 4. The van der Waals surface area contributed by atoms with Gasteiger partial charge in [-0.15, -0.1) is 5.17 Å². The lowest BCUT2D eigenvalue weighted by Gasteiger charge is -2.06. The predicted molar refractivity (Wildman–Crippen MR) is 97.1 cm³/mol. The van der Waals surface area contributed by atoms with Crippen LogP contribution < -0.4 is 5.73 Å². The molecular weight excluding hydrogens is 416 g/mol. The first-order valence-electron chi connectivity index (χ1n) is 7.37. The molecule has 2 rings (SSSR count). The van der Waals surface area contributed by atoms with E-state index in [1.807, 2.05) is 6.92 Å². The summed E-state index contributed by atoms with van der Waals surface area (Å²) in [4.78, 5) is 9.44. The van der Waals surface area contributed by atoms with E-state index >= 15 is 0 Å². The molecule has 11 nitrogen and oxygen atoms in total. The van der Waals surface area contributed by atoms with Crippen molar-refractivity contribution < 1.29 is 31.9 Å². The van der Waals surface area contributed by atoms with Gasteiger partial charge in [0, 0.05) is 6.07 Å². The molecule has 29 heavy (non-hydrogen) atoms. The van der Waals surface area contributed by atoms with Crippen molar-refractivity contribution in [3.8, 4) is 0 Å². The second-order valence-electron chi connectivity index (χ2n) is 5.29. The zero-order valence-corrected chi connectivity index (χ0v) is 15.5. The van der Waals surface area contributed by atoms with Crippen molar-refractivity contribution in [2.45, 2.75) is 11.8 Å². The van der Waals surface area contributed by atoms with Crippen molar-refractivity contribution in [1.82, 2.24) is 5.17 Å². The Labute approximate surface area is 163 Å². The Morgan fingerprint density at radius 2 is 1.86 bits per heavy atom. The van der Waals surface area contributed by atoms with Gasteiger partial charge in [-0.1, -0.05) is 17.7 Å². The van der Waals surface area contributed by atoms with E-state index < -0.39 is 43.9 Å². The standard InChI is InChI=1S/C8H7F2N5O3.C7H8O3S/c9-5-1-4(3-13-14(16)8(11)12)7(15(17)18)6(10)2-5;1-6-2-4-7(5-3-6)11(8,9)10/h1-3,16H,(H3,11,12);2-5H,1H3,(H,8,9,10). The molecule has 0 spiro atoms. The number of hydroxylamine groups is 1. The van der Waals surface area contributed by atoms with Crippen LogP contribution in [0.15, 0.2) is 46.4 Å². The van der Waals surface area contributed by atoms with E-state index in [0.29, 0.717) is 18.3 Å². The molecular formula is C15H15F2N5O6S. The van der Waals surface area contributed by atoms with Crippen LogP contribution in [0.1, 0.15) is 11.1 Å². The van der Waals surface area contributed by atoms with Gasteiger partial charge in [0.1, 0.15) is 5.82 Å². The summed E-state index contributed by atoms with van der Waals surface area (Å²) in [6.45, 7) is 1.84. The van der Waals surface area contributed by atoms with Gasteiger partial charge in [-0.05, 0) is 25.1 Å². The van der Waals surface area contributed by atoms with Crippen molar-refractivity contribution in [3.05, 3.63) is 69.3 Å². The number of aryl methyl sites for hydroxylation is 1. The Morgan fingerprint density at radius 3 is 2.31 bits per heavy atom. The van der Waals surface area contributed by atoms with E-state index in [4.69, 9.17) is 20.9 Å². The molecule has 5 N–H and O–H groups in total. The van der Waals surface area contributed by atoms with Crippen LogP contribution in [-0.4, -0.2) is 40.4 Å². The first-order valence-corrected chi connectivity index (χ1v) is 8.81. The lowest BCUT2D eigenvalue weighted by Crippen LogP contribution is -2.28. The van der Waals surface area contributed by atoms with Gasteiger partial charge in [-0.2, -0.15) is 17.9 Å². The maximum absolute atomic E-state index is 13.2. The van der Waals surface area contributed by atoms with Crippen LogP contribution in [0.3, 0.4) is 0 Å². The minimum absolute atomic E-state index is 0.0666. The largest absolute Gasteiger partial charge is 0.367 e. The fourth-order valence-corrected chi connectivity index (χ4v) is 2.25. The third kappa shape index (κ3) is 7.21. The van der Waals surface area contributed by atoms with E-state index in [-0.39, 0.29) is 10.1 Å². The van der Waals surface area contributed by atoms with Crippen LogP contribution in [0.4, 0.5) is 14.5 Å². The minimum atomic E-state index is -4.02. The molecule has 0 bridgehead atoms. The molecule has 0 aliphatic carbocycles. The molecule has 0 amide bonds. The highest BCUT2D eigenvalue weighted by molar-refractivity contribution is 7.85. The van der Waals surface area contributed by atoms with Crippen LogP contribution in [0, 0.1) is 34.1 Å². The number of benzene rings is 2. The predicted octanol–water partition coefficient (Wildman–Crippen LogP) is 2.03. The van der Waals surface area contributed by atoms with E-state index in [9.17, 15) is 27.3 Å². The summed E-state index contributed by atoms with van der Waals surface area (Å²) in [7, 11) is -4.02. The van der Waals surface area contributed by atoms with Gasteiger partial charge in [0.2, 0.25) is 11.8 Å². The summed E-state index contributed by atoms with van der Waals surface area (Å²) in [5.41, 5.74) is 4.26. The number of hydrogen-bond donors (Lipinski definition) is 4. The fraction of sp³-hybridized carbons (Fsp3) is 0.0667. The van der Waals surface area contributed by atoms with Gasteiger partial charge < -0.3 is 5.73 Å². The Hall–Kier alpha value is -3.49. The second kappa shape index (κ2) is 9.63. The highest BCUT2D eigenvalue weighted by atomic mass is 32.2. The summed E-state index contributed by atoms with van der Waals surface area (Å²) >= 11 is 0. The van der Waals surface area contributed by atoms with Gasteiger partial charge in [0.25, 0.3) is 10.1 Å². The molecule has 0 aliphatic rings. The summed E-state index contributed by atoms with van der Waals surface area (Å²) in [6.07, 6.45) is 0.603. The molecule has 0 fully saturated rings. The van der Waals surface area contributed by atoms with Crippen LogP contribution in [0.5, 0.6) is 0 Å². The van der Waals surface area contributed by atoms with E-state index in [0.717, 1.165) is 5.56 Å². The smallest absolute Gasteiger partial charge is 0.313 e. The molecule has 0 aliphatic heterocycles. The van der Waals surface area contributed by atoms with Gasteiger partial charge in [0.05, 0.1) is 21.6 Å². The molecule has 156 valence electrons. The Kier molecular flexibility index (Phi) is 7.82. The van der Waals surface area contributed by atoms with Crippen molar-refractivity contribution in [3.63, 3.8) is 0 Å². The average molecular weight is 431 g/mol. The van der Waals surface area contributed by atoms with E-state index in [2.05, 4.69) is 5.10 Å². The third-order valence-corrected chi connectivity index (χ3v) is 3.95. The number of hydrazone groups is 1. The zero-order valence-electron chi connectivity index (χ0n) is 14.7. The number of nitro groups is 1. The summed E-state index contributed by atoms with van der Waals surface area (Å²) in [5, 5.41) is 29.2. The summed E-state index contributed by atoms with van der Waals surface area (Å²) in [5.74, 6) is -3.30. The molecule has 0 aromatic heterocycles. The molecule has 0 atom stereocenters. The molecule has 0 heterocycles. The molecule has 0 saturated carbocycles. The molecule has 14 heteroatoms. The Morgan fingerprint density at radius 1 is 1.31 bits per heavy atom. The van der Waals surface area contributed by atoms with E-state index in [1.165, 1.54) is 12.1 Å². The highest BCUT2D eigenvalue weighted by Crippen LogP contribution is 2.22. The monoisotopic (exact) mass is 431 g/mol. The Balaban J connectivity index is 0.000000326. The number of nitrogens with zero attached hydrogens (tertiary/aromatic N) is 3. The quantitative estimate of drug-likeness (QED) is 0.186. The van der Waals surface area contributed by atoms with Gasteiger partial charge in [0.15, 0.2) is 0 Å². The molecule has 0 radical (unpaired) electrons. The SMILES string of the molecule is Cc1ccc(S(=O)(=O)O)cc1.N=C(N)N(O)N=Cc1cc(F)cc(F)c1[N+](=O)[O-]. The number of guanidine groups is 1. The van der Waals surface area contributed by atoms with Gasteiger partial charge in [-0.25, -0.2) is 4.39 Å². The molecule has 2 aromatic carbocycles. The van der Waals surface area contributed by atoms with E-state index in [1.54, 1.807) is 12.1 Å². The highest BCUT2D eigenvalue weighted by Gasteiger charge is 2.21. The lowest BCUT2D eigenvalue weighted by molar-refractivity contribution is -0.387. The van der Waals surface area contributed by atoms with Crippen molar-refractivity contribution in [1.29, 1.82) is 5.41 Å². The topological polar surface area (TPSA) is 183 Å². The summed E-state index contributed by atoms with van der Waals surface area (Å²) < 4.78 is 55.6. The number of halogens is 2. The first kappa shape index (κ1) is 23.5. The molecule has 0 unspecified atom stereocenters. The maximum Gasteiger partial charge on any atom is 0.313 e. The average Bonchev–Trinajstić information content (AvgIpc) is 2.58. The number of nitro benzene ring substituents is 1. The number of nitrogens with two attached hydrogens (primary N) is 1. The van der Waals surface area contributed by atoms with Gasteiger partial charge >= 0.3 is 5.69 Å². The Bertz CT molecular complexity index is 1040. The minimum Gasteiger partial charge on any atom is -0.367 e. The third-order valence-electron chi connectivity index (χ3n) is 3.08. The van der Waals surface area contributed by atoms with Crippen molar-refractivity contribution >= 4 is 28.0 Å². The normalized spacial score (nSPS) is 10.9. The van der Waals surface area contributed by atoms with Crippen molar-refractivity contribution in [2.75, 3.05) is 0 Å². The lowest BCUT2D eigenvalue weighted by atomic mass is 10.2. The fourth-order valence-electron chi connectivity index (χ4n) is 1.77. The van der Waals surface area contributed by atoms with Crippen molar-refractivity contribution in [2.24, 2.45) is 10.8 Å². The van der Waals surface area contributed by atoms with Crippen LogP contribution in [0.25, 0.3) is 0 Å². The number of hydrogen-bond acceptors (Lipinski definition) is 7. The van der Waals surface area contributed by atoms with Crippen LogP contribution in [-0.2, 0) is 10.1 Å². The number of nitrogens with one attached hydrogen (secondary N) is 1. The molecule has 0 saturated heterocycles. The van der Waals surface area contributed by atoms with Crippen LogP contribution in [0.2, 0.25) is 0 Å². The zero-order chi connectivity index (χ0) is 22.4. The summed E-state index contributed by atoms with van der Waals surface area (Å²) in [6, 6.07) is 6.98. The molecule has 2 aromatic rings. The second-order valence-corrected chi connectivity index (χ2v) is 6.71. The van der Waals surface area contributed by atoms with Crippen LogP contribution >= 0.6 is 0 Å². The first-order chi connectivity index (χ1) is 13.3. The maximum atomic E-state index is 13.2. The van der Waals surface area contributed by atoms with Gasteiger partial charge in [-0.3, -0.25) is 25.3 Å².